The number of hydrogen-bond acceptors (Lipinski definition) is 3. The van der Waals surface area contributed by atoms with Gasteiger partial charge in [0.05, 0.1) is 5.56 Å². The summed E-state index contributed by atoms with van der Waals surface area (Å²) in [7, 11) is 0. The number of anilines is 1. The van der Waals surface area contributed by atoms with Crippen LogP contribution in [0.4, 0.5) is 5.69 Å². The summed E-state index contributed by atoms with van der Waals surface area (Å²) in [4.78, 5) is 28.2. The van der Waals surface area contributed by atoms with E-state index in [-0.39, 0.29) is 11.8 Å². The average Bonchev–Trinajstić information content (AvgIpc) is 2.72. The van der Waals surface area contributed by atoms with E-state index < -0.39 is 0 Å². The molecule has 3 rings (SSSR count). The molecule has 0 saturated carbocycles. The highest BCUT2D eigenvalue weighted by molar-refractivity contribution is 6.30. The first kappa shape index (κ1) is 19.6. The molecule has 2 amide bonds. The van der Waals surface area contributed by atoms with Gasteiger partial charge in [0.1, 0.15) is 0 Å². The number of nitrogens with zero attached hydrogens (tertiary/aromatic N) is 1. The van der Waals surface area contributed by atoms with Crippen molar-refractivity contribution in [2.45, 2.75) is 19.4 Å². The minimum Gasteiger partial charge on any atom is -0.348 e. The minimum absolute atomic E-state index is 0.0634. The molecule has 0 fully saturated rings. The molecule has 1 heterocycles. The van der Waals surface area contributed by atoms with Gasteiger partial charge in [0.15, 0.2) is 0 Å². The third-order valence-corrected chi connectivity index (χ3v) is 4.39. The van der Waals surface area contributed by atoms with Gasteiger partial charge >= 0.3 is 0 Å². The van der Waals surface area contributed by atoms with Crippen LogP contribution in [0.25, 0.3) is 0 Å². The Morgan fingerprint density at radius 1 is 0.964 bits per heavy atom. The minimum atomic E-state index is -0.189. The zero-order chi connectivity index (χ0) is 19.8. The molecule has 5 nitrogen and oxygen atoms in total. The van der Waals surface area contributed by atoms with E-state index in [2.05, 4.69) is 15.6 Å². The Morgan fingerprint density at radius 3 is 2.54 bits per heavy atom. The lowest BCUT2D eigenvalue weighted by Crippen LogP contribution is -2.23. The molecule has 0 bridgehead atoms. The molecular weight excluding hydrogens is 374 g/mol. The van der Waals surface area contributed by atoms with Crippen LogP contribution in [0.1, 0.15) is 27.9 Å². The molecule has 0 spiro atoms. The predicted molar refractivity (Wildman–Crippen MR) is 110 cm³/mol. The second-order valence-electron chi connectivity index (χ2n) is 6.30. The normalized spacial score (nSPS) is 10.3. The van der Waals surface area contributed by atoms with E-state index in [4.69, 9.17) is 11.6 Å². The number of amides is 2. The fourth-order valence-electron chi connectivity index (χ4n) is 2.67. The maximum atomic E-state index is 12.2. The number of aryl methyl sites for hydroxylation is 1. The van der Waals surface area contributed by atoms with Crippen molar-refractivity contribution in [2.75, 3.05) is 5.32 Å². The van der Waals surface area contributed by atoms with Crippen LogP contribution in [-0.2, 0) is 17.8 Å². The molecule has 0 unspecified atom stereocenters. The van der Waals surface area contributed by atoms with E-state index in [1.807, 2.05) is 48.5 Å². The van der Waals surface area contributed by atoms with Crippen molar-refractivity contribution in [3.05, 3.63) is 94.8 Å². The number of rotatable bonds is 7. The van der Waals surface area contributed by atoms with Gasteiger partial charge in [-0.2, -0.15) is 0 Å². The number of nitrogens with one attached hydrogen (secondary N) is 2. The Bertz CT molecular complexity index is 944. The van der Waals surface area contributed by atoms with Crippen molar-refractivity contribution in [3.63, 3.8) is 0 Å². The van der Waals surface area contributed by atoms with Crippen LogP contribution in [0.3, 0.4) is 0 Å². The molecule has 3 aromatic rings. The van der Waals surface area contributed by atoms with Gasteiger partial charge in [0, 0.05) is 36.1 Å². The summed E-state index contributed by atoms with van der Waals surface area (Å²) in [6.45, 7) is 0.363. The topological polar surface area (TPSA) is 71.1 Å². The van der Waals surface area contributed by atoms with Crippen molar-refractivity contribution in [1.29, 1.82) is 0 Å². The second-order valence-corrected chi connectivity index (χ2v) is 6.74. The van der Waals surface area contributed by atoms with Crippen LogP contribution < -0.4 is 10.6 Å². The molecule has 0 aliphatic heterocycles. The number of carbonyl (C=O) groups excluding carboxylic acids is 2. The first-order valence-corrected chi connectivity index (χ1v) is 9.29. The average molecular weight is 394 g/mol. The Hall–Kier alpha value is -3.18. The van der Waals surface area contributed by atoms with Gasteiger partial charge in [-0.3, -0.25) is 14.6 Å². The molecule has 0 radical (unpaired) electrons. The standard InChI is InChI=1S/C22H20ClN3O2/c23-19-9-6-16(7-10-19)8-11-21(27)26-20-5-1-3-17(13-20)14-25-22(28)18-4-2-12-24-15-18/h1-7,9-10,12-13,15H,8,11,14H2,(H,25,28)(H,26,27). The van der Waals surface area contributed by atoms with Crippen LogP contribution in [0, 0.1) is 0 Å². The highest BCUT2D eigenvalue weighted by Gasteiger charge is 2.07. The maximum absolute atomic E-state index is 12.2. The fourth-order valence-corrected chi connectivity index (χ4v) is 2.80. The summed E-state index contributed by atoms with van der Waals surface area (Å²) in [5.41, 5.74) is 3.17. The summed E-state index contributed by atoms with van der Waals surface area (Å²) in [6, 6.07) is 18.3. The zero-order valence-corrected chi connectivity index (χ0v) is 15.9. The Balaban J connectivity index is 1.50. The van der Waals surface area contributed by atoms with Crippen LogP contribution in [0.15, 0.2) is 73.1 Å². The van der Waals surface area contributed by atoms with Crippen molar-refractivity contribution < 1.29 is 9.59 Å². The molecule has 0 aliphatic carbocycles. The van der Waals surface area contributed by atoms with E-state index in [9.17, 15) is 9.59 Å². The van der Waals surface area contributed by atoms with E-state index in [0.29, 0.717) is 35.7 Å². The van der Waals surface area contributed by atoms with Gasteiger partial charge in [-0.15, -0.1) is 0 Å². The lowest BCUT2D eigenvalue weighted by Gasteiger charge is -2.09. The first-order valence-electron chi connectivity index (χ1n) is 8.91. The molecule has 2 N–H and O–H groups in total. The largest absolute Gasteiger partial charge is 0.348 e. The summed E-state index contributed by atoms with van der Waals surface area (Å²) >= 11 is 5.87. The molecule has 1 aromatic heterocycles. The SMILES string of the molecule is O=C(CCc1ccc(Cl)cc1)Nc1cccc(CNC(=O)c2cccnc2)c1. The number of benzene rings is 2. The molecule has 0 aliphatic rings. The smallest absolute Gasteiger partial charge is 0.253 e. The van der Waals surface area contributed by atoms with Crippen LogP contribution in [0.5, 0.6) is 0 Å². The van der Waals surface area contributed by atoms with E-state index in [1.165, 1.54) is 6.20 Å². The number of hydrogen-bond donors (Lipinski definition) is 2. The van der Waals surface area contributed by atoms with E-state index in [0.717, 1.165) is 11.1 Å². The van der Waals surface area contributed by atoms with Crippen LogP contribution >= 0.6 is 11.6 Å². The lowest BCUT2D eigenvalue weighted by atomic mass is 10.1. The number of pyridine rings is 1. The van der Waals surface area contributed by atoms with Crippen molar-refractivity contribution in [2.24, 2.45) is 0 Å². The fraction of sp³-hybridized carbons (Fsp3) is 0.136. The molecule has 28 heavy (non-hydrogen) atoms. The monoisotopic (exact) mass is 393 g/mol. The highest BCUT2D eigenvalue weighted by atomic mass is 35.5. The zero-order valence-electron chi connectivity index (χ0n) is 15.2. The molecule has 142 valence electrons. The van der Waals surface area contributed by atoms with Crippen LogP contribution in [-0.4, -0.2) is 16.8 Å². The van der Waals surface area contributed by atoms with Gasteiger partial charge < -0.3 is 10.6 Å². The maximum Gasteiger partial charge on any atom is 0.253 e. The molecular formula is C22H20ClN3O2. The summed E-state index contributed by atoms with van der Waals surface area (Å²) < 4.78 is 0. The number of aromatic nitrogens is 1. The predicted octanol–water partition coefficient (Wildman–Crippen LogP) is 4.24. The Labute approximate surface area is 168 Å². The summed E-state index contributed by atoms with van der Waals surface area (Å²) in [6.07, 6.45) is 4.16. The number of halogens is 1. The lowest BCUT2D eigenvalue weighted by molar-refractivity contribution is -0.116. The van der Waals surface area contributed by atoms with Crippen LogP contribution in [0.2, 0.25) is 5.02 Å². The van der Waals surface area contributed by atoms with Gasteiger partial charge in [-0.25, -0.2) is 0 Å². The summed E-state index contributed by atoms with van der Waals surface area (Å²) in [5.74, 6) is -0.253. The summed E-state index contributed by atoms with van der Waals surface area (Å²) in [5, 5.41) is 6.42. The van der Waals surface area contributed by atoms with E-state index in [1.54, 1.807) is 18.3 Å². The Kier molecular flexibility index (Phi) is 6.76. The molecule has 0 atom stereocenters. The van der Waals surface area contributed by atoms with Crippen molar-refractivity contribution in [3.8, 4) is 0 Å². The van der Waals surface area contributed by atoms with Gasteiger partial charge in [-0.05, 0) is 53.9 Å². The highest BCUT2D eigenvalue weighted by Crippen LogP contribution is 2.14. The van der Waals surface area contributed by atoms with E-state index >= 15 is 0 Å². The molecule has 2 aromatic carbocycles. The first-order chi connectivity index (χ1) is 13.6. The third kappa shape index (κ3) is 5.93. The molecule has 0 saturated heterocycles. The third-order valence-electron chi connectivity index (χ3n) is 4.14. The van der Waals surface area contributed by atoms with Gasteiger partial charge in [0.2, 0.25) is 5.91 Å². The van der Waals surface area contributed by atoms with Crippen molar-refractivity contribution in [1.82, 2.24) is 10.3 Å². The number of carbonyl (C=O) groups is 2. The van der Waals surface area contributed by atoms with Gasteiger partial charge in [-0.1, -0.05) is 35.9 Å². The molecule has 6 heteroatoms. The second kappa shape index (κ2) is 9.67. The quantitative estimate of drug-likeness (QED) is 0.630. The van der Waals surface area contributed by atoms with Crippen molar-refractivity contribution >= 4 is 29.1 Å². The van der Waals surface area contributed by atoms with Gasteiger partial charge in [0.25, 0.3) is 5.91 Å². The Morgan fingerprint density at radius 2 is 1.79 bits per heavy atom.